The van der Waals surface area contributed by atoms with E-state index in [-0.39, 0.29) is 21.4 Å². The first kappa shape index (κ1) is 26.4. The van der Waals surface area contributed by atoms with Gasteiger partial charge in [-0.1, -0.05) is 88.4 Å². The van der Waals surface area contributed by atoms with Gasteiger partial charge in [0.25, 0.3) is 5.69 Å². The van der Waals surface area contributed by atoms with Gasteiger partial charge in [0.05, 0.1) is 10.3 Å². The molecule has 2 aliphatic carbocycles. The Bertz CT molecular complexity index is 2110. The fourth-order valence-corrected chi connectivity index (χ4v) is 7.67. The fraction of sp³-hybridized carbons (Fsp3) is 0.150. The van der Waals surface area contributed by atoms with Gasteiger partial charge in [0, 0.05) is 34.0 Å². The second-order valence-electron chi connectivity index (χ2n) is 13.1. The predicted molar refractivity (Wildman–Crippen MR) is 180 cm³/mol. The van der Waals surface area contributed by atoms with Crippen molar-refractivity contribution >= 4 is 33.5 Å². The predicted octanol–water partition coefficient (Wildman–Crippen LogP) is 10.8. The van der Waals surface area contributed by atoms with Crippen LogP contribution in [0.25, 0.3) is 33.0 Å². The van der Waals surface area contributed by atoms with E-state index in [0.29, 0.717) is 5.39 Å². The average molecular weight is 573 g/mol. The van der Waals surface area contributed by atoms with E-state index in [1.165, 1.54) is 33.4 Å². The number of anilines is 3. The van der Waals surface area contributed by atoms with Gasteiger partial charge in [0.1, 0.15) is 0 Å². The van der Waals surface area contributed by atoms with Crippen LogP contribution in [0, 0.1) is 10.1 Å². The maximum Gasteiger partial charge on any atom is 0.277 e. The molecule has 0 atom stereocenters. The van der Waals surface area contributed by atoms with Crippen molar-refractivity contribution in [2.24, 2.45) is 0 Å². The minimum Gasteiger partial charge on any atom is -0.310 e. The van der Waals surface area contributed by atoms with E-state index >= 15 is 0 Å². The molecule has 2 aliphatic rings. The fourth-order valence-electron chi connectivity index (χ4n) is 7.67. The van der Waals surface area contributed by atoms with Crippen molar-refractivity contribution in [3.63, 3.8) is 0 Å². The molecule has 0 spiro atoms. The van der Waals surface area contributed by atoms with E-state index in [4.69, 9.17) is 0 Å². The van der Waals surface area contributed by atoms with E-state index in [1.54, 1.807) is 0 Å². The van der Waals surface area contributed by atoms with Gasteiger partial charge in [-0.05, 0) is 104 Å². The van der Waals surface area contributed by atoms with E-state index < -0.39 is 0 Å². The van der Waals surface area contributed by atoms with E-state index in [2.05, 4.69) is 124 Å². The number of hydrogen-bond acceptors (Lipinski definition) is 3. The van der Waals surface area contributed by atoms with Gasteiger partial charge in [0.2, 0.25) is 0 Å². The molecule has 0 saturated carbocycles. The number of non-ortho nitro benzene ring substituents is 1. The summed E-state index contributed by atoms with van der Waals surface area (Å²) in [5, 5.41) is 13.8. The molecule has 0 unspecified atom stereocenters. The molecule has 0 radical (unpaired) electrons. The summed E-state index contributed by atoms with van der Waals surface area (Å²) in [6, 6.07) is 42.2. The topological polar surface area (TPSA) is 46.4 Å². The molecule has 214 valence electrons. The van der Waals surface area contributed by atoms with Crippen molar-refractivity contribution in [2.45, 2.75) is 38.5 Å². The lowest BCUT2D eigenvalue weighted by Gasteiger charge is -2.28. The minimum atomic E-state index is -0.376. The second kappa shape index (κ2) is 9.14. The van der Waals surface area contributed by atoms with Gasteiger partial charge in [-0.25, -0.2) is 0 Å². The van der Waals surface area contributed by atoms with Crippen molar-refractivity contribution < 1.29 is 4.92 Å². The molecule has 6 aromatic carbocycles. The summed E-state index contributed by atoms with van der Waals surface area (Å²) in [7, 11) is 0. The Balaban J connectivity index is 1.33. The van der Waals surface area contributed by atoms with Crippen LogP contribution >= 0.6 is 0 Å². The first-order valence-corrected chi connectivity index (χ1v) is 15.1. The van der Waals surface area contributed by atoms with Crippen molar-refractivity contribution in [1.29, 1.82) is 0 Å². The Morgan fingerprint density at radius 3 is 1.68 bits per heavy atom. The Morgan fingerprint density at radius 2 is 1.05 bits per heavy atom. The molecule has 0 aromatic heterocycles. The SMILES string of the molecule is CC1(C)c2cc(N(c3ccccc3)c3ccccc3)ccc2-c2cc3c(cc21)-c1c(cc([N+](=O)[O-])c2ccccc12)C3(C)C. The van der Waals surface area contributed by atoms with E-state index in [1.807, 2.05) is 30.3 Å². The van der Waals surface area contributed by atoms with Crippen molar-refractivity contribution in [2.75, 3.05) is 4.90 Å². The highest BCUT2D eigenvalue weighted by Crippen LogP contribution is 2.58. The largest absolute Gasteiger partial charge is 0.310 e. The highest BCUT2D eigenvalue weighted by molar-refractivity contribution is 6.07. The van der Waals surface area contributed by atoms with Gasteiger partial charge in [0.15, 0.2) is 0 Å². The van der Waals surface area contributed by atoms with Gasteiger partial charge in [-0.15, -0.1) is 0 Å². The molecule has 4 heteroatoms. The zero-order valence-corrected chi connectivity index (χ0v) is 25.3. The van der Waals surface area contributed by atoms with Crippen LogP contribution in [0.3, 0.4) is 0 Å². The first-order valence-electron chi connectivity index (χ1n) is 15.1. The van der Waals surface area contributed by atoms with Crippen LogP contribution in [0.15, 0.2) is 121 Å². The standard InChI is InChI=1S/C40H32N2O2/c1-39(2)33-21-27(41(25-13-7-5-8-14-25)26-15-9-6-10-16-26)19-20-28(33)31-22-35-32(23-34(31)39)38-30-18-12-11-17-29(30)37(42(43)44)24-36(38)40(35,3)4/h5-24H,1-4H3. The summed E-state index contributed by atoms with van der Waals surface area (Å²) < 4.78 is 0. The maximum absolute atomic E-state index is 12.1. The molecule has 0 amide bonds. The van der Waals surface area contributed by atoms with Crippen LogP contribution < -0.4 is 4.90 Å². The minimum absolute atomic E-state index is 0.173. The van der Waals surface area contributed by atoms with Crippen LogP contribution in [0.2, 0.25) is 0 Å². The number of hydrogen-bond donors (Lipinski definition) is 0. The zero-order chi connectivity index (χ0) is 30.4. The van der Waals surface area contributed by atoms with Crippen LogP contribution in [0.4, 0.5) is 22.7 Å². The number of benzene rings is 6. The normalized spacial score (nSPS) is 14.9. The lowest BCUT2D eigenvalue weighted by atomic mass is 9.79. The monoisotopic (exact) mass is 572 g/mol. The number of nitrogens with zero attached hydrogens (tertiary/aromatic N) is 2. The summed E-state index contributed by atoms with van der Waals surface area (Å²) in [4.78, 5) is 14.2. The van der Waals surface area contributed by atoms with Crippen molar-refractivity contribution in [1.82, 2.24) is 0 Å². The Labute approximate surface area is 257 Å². The number of nitro benzene ring substituents is 1. The summed E-state index contributed by atoms with van der Waals surface area (Å²) in [5.74, 6) is 0. The number of para-hydroxylation sites is 2. The molecular formula is C40H32N2O2. The van der Waals surface area contributed by atoms with Crippen molar-refractivity contribution in [3.05, 3.63) is 154 Å². The van der Waals surface area contributed by atoms with Crippen LogP contribution in [0.1, 0.15) is 49.9 Å². The quantitative estimate of drug-likeness (QED) is 0.156. The summed E-state index contributed by atoms with van der Waals surface area (Å²) in [6.07, 6.45) is 0. The molecule has 0 aliphatic heterocycles. The molecule has 6 aromatic rings. The van der Waals surface area contributed by atoms with Crippen molar-refractivity contribution in [3.8, 4) is 22.3 Å². The number of rotatable bonds is 4. The molecule has 0 bridgehead atoms. The third kappa shape index (κ3) is 3.57. The van der Waals surface area contributed by atoms with Gasteiger partial charge in [-0.2, -0.15) is 0 Å². The first-order chi connectivity index (χ1) is 21.2. The Morgan fingerprint density at radius 1 is 0.523 bits per heavy atom. The lowest BCUT2D eigenvalue weighted by Crippen LogP contribution is -2.17. The molecule has 8 rings (SSSR count). The second-order valence-corrected chi connectivity index (χ2v) is 13.1. The van der Waals surface area contributed by atoms with Gasteiger partial charge >= 0.3 is 0 Å². The van der Waals surface area contributed by atoms with E-state index in [0.717, 1.165) is 33.6 Å². The number of nitro groups is 1. The third-order valence-corrected chi connectivity index (χ3v) is 9.92. The van der Waals surface area contributed by atoms with Gasteiger partial charge < -0.3 is 4.90 Å². The molecule has 44 heavy (non-hydrogen) atoms. The molecule has 0 saturated heterocycles. The highest BCUT2D eigenvalue weighted by Gasteiger charge is 2.43. The summed E-state index contributed by atoms with van der Waals surface area (Å²) >= 11 is 0. The molecule has 4 nitrogen and oxygen atoms in total. The summed E-state index contributed by atoms with van der Waals surface area (Å²) in [6.45, 7) is 9.03. The molecule has 0 N–H and O–H groups in total. The molecule has 0 fully saturated rings. The molecule has 0 heterocycles. The number of fused-ring (bicyclic) bond motifs is 8. The highest BCUT2D eigenvalue weighted by atomic mass is 16.6. The van der Waals surface area contributed by atoms with Crippen LogP contribution in [0.5, 0.6) is 0 Å². The maximum atomic E-state index is 12.1. The smallest absolute Gasteiger partial charge is 0.277 e. The zero-order valence-electron chi connectivity index (χ0n) is 25.3. The summed E-state index contributed by atoms with van der Waals surface area (Å²) in [5.41, 5.74) is 12.6. The van der Waals surface area contributed by atoms with Crippen LogP contribution in [-0.4, -0.2) is 4.92 Å². The Kier molecular flexibility index (Phi) is 5.49. The molecular weight excluding hydrogens is 540 g/mol. The lowest BCUT2D eigenvalue weighted by molar-refractivity contribution is -0.383. The third-order valence-electron chi connectivity index (χ3n) is 9.92. The Hall–Kier alpha value is -5.22. The van der Waals surface area contributed by atoms with Gasteiger partial charge in [-0.3, -0.25) is 10.1 Å². The average Bonchev–Trinajstić information content (AvgIpc) is 3.39. The van der Waals surface area contributed by atoms with Crippen LogP contribution in [-0.2, 0) is 10.8 Å². The van der Waals surface area contributed by atoms with E-state index in [9.17, 15) is 10.1 Å².